The summed E-state index contributed by atoms with van der Waals surface area (Å²) in [5.41, 5.74) is 2.07. The Balaban J connectivity index is 0.986. The number of nitrogens with one attached hydrogen (secondary N) is 2. The third-order valence-corrected chi connectivity index (χ3v) is 11.0. The first-order valence-electron chi connectivity index (χ1n) is 21.6. The number of carbonyl (C=O) groups is 2. The van der Waals surface area contributed by atoms with Crippen LogP contribution in [-0.2, 0) is 70.2 Å². The van der Waals surface area contributed by atoms with Gasteiger partial charge in [-0.1, -0.05) is 79.9 Å². The molecule has 2 aromatic carbocycles. The molecule has 4 fully saturated rings. The van der Waals surface area contributed by atoms with Crippen molar-refractivity contribution < 1.29 is 57.0 Å². The van der Waals surface area contributed by atoms with E-state index in [2.05, 4.69) is 10.6 Å². The zero-order valence-electron chi connectivity index (χ0n) is 35.6. The van der Waals surface area contributed by atoms with Gasteiger partial charge in [0.25, 0.3) is 0 Å². The number of hydrogen-bond acceptors (Lipinski definition) is 14. The predicted molar refractivity (Wildman–Crippen MR) is 217 cm³/mol. The lowest BCUT2D eigenvalue weighted by Gasteiger charge is -2.31. The summed E-state index contributed by atoms with van der Waals surface area (Å²) in [7, 11) is 0. The highest BCUT2D eigenvalue weighted by Gasteiger charge is 2.58. The number of unbranched alkanes of at least 4 members (excludes halogenated alkanes) is 4. The second-order valence-electron chi connectivity index (χ2n) is 16.6. The van der Waals surface area contributed by atoms with Crippen molar-refractivity contribution in [3.8, 4) is 0 Å². The van der Waals surface area contributed by atoms with E-state index in [9.17, 15) is 9.59 Å². The Morgan fingerprint density at radius 2 is 0.983 bits per heavy atom. The smallest absolute Gasteiger partial charge is 0.307 e. The molecule has 4 aliphatic heterocycles. The highest BCUT2D eigenvalue weighted by molar-refractivity contribution is 5.70. The lowest BCUT2D eigenvalue weighted by molar-refractivity contribution is -0.223. The maximum absolute atomic E-state index is 12.8. The first kappa shape index (κ1) is 45.5. The van der Waals surface area contributed by atoms with Gasteiger partial charge in [-0.2, -0.15) is 0 Å². The van der Waals surface area contributed by atoms with Gasteiger partial charge in [-0.15, -0.1) is 0 Å². The summed E-state index contributed by atoms with van der Waals surface area (Å²) < 4.78 is 61.2. The lowest BCUT2D eigenvalue weighted by Crippen LogP contribution is -2.50. The lowest BCUT2D eigenvalue weighted by atomic mass is 9.99. The van der Waals surface area contributed by atoms with Crippen LogP contribution in [0.1, 0.15) is 97.6 Å². The van der Waals surface area contributed by atoms with Gasteiger partial charge in [-0.05, 0) is 78.6 Å². The van der Waals surface area contributed by atoms with Crippen LogP contribution < -0.4 is 10.6 Å². The Kier molecular flexibility index (Phi) is 16.7. The quantitative estimate of drug-likeness (QED) is 0.0987. The molecule has 59 heavy (non-hydrogen) atoms. The molecular formula is C45H66N2O12. The van der Waals surface area contributed by atoms with Crippen LogP contribution >= 0.6 is 0 Å². The highest BCUT2D eigenvalue weighted by Crippen LogP contribution is 2.42. The van der Waals surface area contributed by atoms with Crippen molar-refractivity contribution in [3.05, 3.63) is 71.8 Å². The second kappa shape index (κ2) is 21.7. The van der Waals surface area contributed by atoms with E-state index in [1.165, 1.54) is 0 Å². The van der Waals surface area contributed by atoms with Gasteiger partial charge in [0, 0.05) is 12.1 Å². The van der Waals surface area contributed by atoms with E-state index >= 15 is 0 Å². The van der Waals surface area contributed by atoms with Crippen LogP contribution in [0.15, 0.2) is 60.7 Å². The van der Waals surface area contributed by atoms with Crippen LogP contribution in [0, 0.1) is 0 Å². The van der Waals surface area contributed by atoms with E-state index in [-0.39, 0.29) is 36.9 Å². The minimum Gasteiger partial charge on any atom is -0.466 e. The van der Waals surface area contributed by atoms with Crippen LogP contribution in [0.5, 0.6) is 0 Å². The second-order valence-corrected chi connectivity index (χ2v) is 16.6. The largest absolute Gasteiger partial charge is 0.466 e. The van der Waals surface area contributed by atoms with Crippen LogP contribution in [0.25, 0.3) is 0 Å². The average molecular weight is 827 g/mol. The summed E-state index contributed by atoms with van der Waals surface area (Å²) in [5.74, 6) is -2.21. The average Bonchev–Trinajstić information content (AvgIpc) is 3.89. The molecule has 14 heteroatoms. The van der Waals surface area contributed by atoms with Crippen molar-refractivity contribution in [2.75, 3.05) is 26.3 Å². The molecule has 0 radical (unpaired) electrons. The van der Waals surface area contributed by atoms with Crippen molar-refractivity contribution in [2.45, 2.75) is 173 Å². The van der Waals surface area contributed by atoms with Crippen molar-refractivity contribution >= 4 is 11.9 Å². The molecule has 0 aromatic heterocycles. The summed E-state index contributed by atoms with van der Waals surface area (Å²) >= 11 is 0. The third-order valence-electron chi connectivity index (χ3n) is 11.0. The minimum atomic E-state index is -0.805. The summed E-state index contributed by atoms with van der Waals surface area (Å²) in [6, 6.07) is 19.2. The third kappa shape index (κ3) is 13.0. The molecule has 2 aromatic rings. The number of carbonyl (C=O) groups excluding carboxylic acids is 2. The van der Waals surface area contributed by atoms with E-state index in [4.69, 9.17) is 47.4 Å². The van der Waals surface area contributed by atoms with Gasteiger partial charge in [0.15, 0.2) is 24.2 Å². The van der Waals surface area contributed by atoms with Crippen LogP contribution in [0.2, 0.25) is 0 Å². The molecular weight excluding hydrogens is 760 g/mol. The molecule has 0 bridgehead atoms. The SMILES string of the molecule is CCOC(=O)CC(NCCCCCCCNC(CC(=O)OCC)C1O[C@@H]2OC(C)(C)O[C@@H]2[C@H]1OCc1ccccc1)C1O[C@H]2OC(C)(C)O[C@H]2[C@@H]1OCc1ccccc1. The van der Waals surface area contributed by atoms with Gasteiger partial charge in [-0.25, -0.2) is 0 Å². The summed E-state index contributed by atoms with van der Waals surface area (Å²) in [5, 5.41) is 7.19. The molecule has 328 valence electrons. The van der Waals surface area contributed by atoms with Gasteiger partial charge in [0.2, 0.25) is 0 Å². The van der Waals surface area contributed by atoms with Gasteiger partial charge in [-0.3, -0.25) is 9.59 Å². The van der Waals surface area contributed by atoms with Crippen molar-refractivity contribution in [1.82, 2.24) is 10.6 Å². The molecule has 2 N–H and O–H groups in total. The molecule has 4 heterocycles. The van der Waals surface area contributed by atoms with Crippen LogP contribution in [0.4, 0.5) is 0 Å². The monoisotopic (exact) mass is 826 g/mol. The van der Waals surface area contributed by atoms with Gasteiger partial charge in [0.05, 0.1) is 39.3 Å². The Hall–Kier alpha value is -3.02. The number of ether oxygens (including phenoxy) is 10. The fraction of sp³-hybridized carbons (Fsp3) is 0.689. The van der Waals surface area contributed by atoms with Crippen LogP contribution in [-0.4, -0.2) is 111 Å². The maximum Gasteiger partial charge on any atom is 0.307 e. The van der Waals surface area contributed by atoms with Gasteiger partial charge in [0.1, 0.15) is 36.6 Å². The van der Waals surface area contributed by atoms with E-state index in [1.54, 1.807) is 13.8 Å². The van der Waals surface area contributed by atoms with Crippen LogP contribution in [0.3, 0.4) is 0 Å². The normalized spacial score (nSPS) is 28.8. The van der Waals surface area contributed by atoms with E-state index in [0.717, 1.165) is 43.2 Å². The Labute approximate surface area is 349 Å². The molecule has 14 nitrogen and oxygen atoms in total. The van der Waals surface area contributed by atoms with Crippen molar-refractivity contribution in [1.29, 1.82) is 0 Å². The van der Waals surface area contributed by atoms with E-state index in [1.807, 2.05) is 88.4 Å². The Morgan fingerprint density at radius 3 is 1.37 bits per heavy atom. The summed E-state index contributed by atoms with van der Waals surface area (Å²) in [6.45, 7) is 13.8. The molecule has 0 spiro atoms. The molecule has 10 atom stereocenters. The highest BCUT2D eigenvalue weighted by atomic mass is 16.9. The van der Waals surface area contributed by atoms with Gasteiger partial charge < -0.3 is 58.0 Å². The molecule has 4 unspecified atom stereocenters. The fourth-order valence-electron chi connectivity index (χ4n) is 8.33. The fourth-order valence-corrected chi connectivity index (χ4v) is 8.33. The first-order chi connectivity index (χ1) is 28.4. The number of esters is 2. The predicted octanol–water partition coefficient (Wildman–Crippen LogP) is 5.68. The Morgan fingerprint density at radius 1 is 0.593 bits per heavy atom. The summed E-state index contributed by atoms with van der Waals surface area (Å²) in [4.78, 5) is 25.6. The minimum absolute atomic E-state index is 0.130. The standard InChI is InChI=1S/C45H66N2O12/c1-7-50-34(48)26-32(36-38(52-28-30-20-14-12-15-21-30)40-42(54-36)58-44(3,4)56-40)46-24-18-10-9-11-19-25-47-33(27-35(49)51-8-2)37-39(53-29-31-22-16-13-17-23-31)41-43(55-37)59-45(5,6)57-41/h12-17,20-23,32-33,36-43,46-47H,7-11,18-19,24-29H2,1-6H3/t32?,33?,36?,37?,38-,39+,40+,41-,42+,43-. The molecule has 0 aliphatic carbocycles. The van der Waals surface area contributed by atoms with E-state index in [0.29, 0.717) is 39.5 Å². The maximum atomic E-state index is 12.8. The number of benzene rings is 2. The molecule has 4 aliphatic rings. The zero-order valence-corrected chi connectivity index (χ0v) is 35.6. The summed E-state index contributed by atoms with van der Waals surface area (Å²) in [6.07, 6.45) is 1.11. The number of hydrogen-bond donors (Lipinski definition) is 2. The first-order valence-corrected chi connectivity index (χ1v) is 21.6. The van der Waals surface area contributed by atoms with Crippen molar-refractivity contribution in [2.24, 2.45) is 0 Å². The molecule has 6 rings (SSSR count). The molecule has 0 saturated carbocycles. The molecule has 0 amide bonds. The topological polar surface area (TPSA) is 150 Å². The zero-order chi connectivity index (χ0) is 41.8. The van der Waals surface area contributed by atoms with Crippen molar-refractivity contribution in [3.63, 3.8) is 0 Å². The Bertz CT molecular complexity index is 1470. The van der Waals surface area contributed by atoms with Gasteiger partial charge >= 0.3 is 11.9 Å². The molecule has 4 saturated heterocycles. The number of rotatable bonds is 24. The van der Waals surface area contributed by atoms with E-state index < -0.39 is 60.8 Å². The number of fused-ring (bicyclic) bond motifs is 2.